The minimum Gasteiger partial charge on any atom is -0.506 e. The molecule has 7 aromatic rings. The number of phenolic OH excluding ortho intramolecular Hbond substituents is 1. The van der Waals surface area contributed by atoms with Crippen LogP contribution in [0.3, 0.4) is 0 Å². The fraction of sp³-hybridized carbons (Fsp3) is 0.207. The molecule has 0 atom stereocenters. The number of carbonyl (C=O) groups is 1. The van der Waals surface area contributed by atoms with Crippen LogP contribution in [0.1, 0.15) is 95.3 Å². The van der Waals surface area contributed by atoms with Gasteiger partial charge in [-0.05, 0) is 65.6 Å². The Morgan fingerprint density at radius 2 is 1.06 bits per heavy atom. The van der Waals surface area contributed by atoms with Gasteiger partial charge in [0.05, 0.1) is 6.61 Å². The first kappa shape index (κ1) is 52.2. The second-order valence-electron chi connectivity index (χ2n) is 15.9. The van der Waals surface area contributed by atoms with Crippen molar-refractivity contribution < 1.29 is 45.2 Å². The van der Waals surface area contributed by atoms with Gasteiger partial charge in [0.1, 0.15) is 23.7 Å². The van der Waals surface area contributed by atoms with Crippen LogP contribution in [0.25, 0.3) is 11.1 Å². The first-order chi connectivity index (χ1) is 30.3. The van der Waals surface area contributed by atoms with E-state index in [0.29, 0.717) is 29.8 Å². The molecule has 6 heteroatoms. The van der Waals surface area contributed by atoms with Crippen LogP contribution in [-0.2, 0) is 37.2 Å². The molecule has 0 amide bonds. The van der Waals surface area contributed by atoms with E-state index in [9.17, 15) is 9.90 Å². The summed E-state index contributed by atoms with van der Waals surface area (Å²) in [6.45, 7) is 23.5. The number of hydrogen-bond acceptors (Lipinski definition) is 5. The molecule has 64 heavy (non-hydrogen) atoms. The van der Waals surface area contributed by atoms with E-state index in [1.165, 1.54) is 16.8 Å². The number of phenols is 1. The molecule has 0 saturated carbocycles. The van der Waals surface area contributed by atoms with Gasteiger partial charge in [0.15, 0.2) is 0 Å². The van der Waals surface area contributed by atoms with Gasteiger partial charge in [-0.1, -0.05) is 113 Å². The molecule has 5 nitrogen and oxygen atoms in total. The Hall–Kier alpha value is -6.11. The fourth-order valence-electron chi connectivity index (χ4n) is 6.74. The summed E-state index contributed by atoms with van der Waals surface area (Å²) < 4.78 is 11.8. The number of aromatic hydroxyl groups is 1. The Morgan fingerprint density at radius 1 is 0.609 bits per heavy atom. The fourth-order valence-corrected chi connectivity index (χ4v) is 6.74. The van der Waals surface area contributed by atoms with Crippen LogP contribution in [0, 0.1) is 27.7 Å². The topological polar surface area (TPSA) is 59.0 Å². The van der Waals surface area contributed by atoms with E-state index in [1.807, 2.05) is 159 Å². The van der Waals surface area contributed by atoms with Crippen LogP contribution in [0.5, 0.6) is 11.5 Å². The molecule has 7 rings (SSSR count). The van der Waals surface area contributed by atoms with Gasteiger partial charge in [-0.15, -0.1) is 36.4 Å². The predicted molar refractivity (Wildman–Crippen MR) is 265 cm³/mol. The molecule has 0 radical (unpaired) electrons. The van der Waals surface area contributed by atoms with E-state index in [2.05, 4.69) is 78.6 Å². The molecule has 0 spiro atoms. The van der Waals surface area contributed by atoms with Crippen LogP contribution < -0.4 is 9.64 Å². The molecule has 0 unspecified atom stereocenters. The van der Waals surface area contributed by atoms with Gasteiger partial charge in [-0.3, -0.25) is 0 Å². The summed E-state index contributed by atoms with van der Waals surface area (Å²) >= 11 is 0. The third kappa shape index (κ3) is 17.2. The zero-order chi connectivity index (χ0) is 45.6. The van der Waals surface area contributed by atoms with E-state index in [1.54, 1.807) is 6.07 Å². The predicted octanol–water partition coefficient (Wildman–Crippen LogP) is 14.5. The molecular weight excluding hydrogens is 953 g/mol. The molecule has 0 heterocycles. The molecule has 0 fully saturated rings. The average molecular weight is 1020 g/mol. The van der Waals surface area contributed by atoms with Gasteiger partial charge in [0.2, 0.25) is 0 Å². The van der Waals surface area contributed by atoms with Crippen LogP contribution >= 0.6 is 0 Å². The van der Waals surface area contributed by atoms with Crippen LogP contribution in [0.15, 0.2) is 176 Å². The molecule has 1 N–H and O–H groups in total. The van der Waals surface area contributed by atoms with Crippen molar-refractivity contribution in [3.63, 3.8) is 0 Å². The van der Waals surface area contributed by atoms with Crippen molar-refractivity contribution in [2.24, 2.45) is 0 Å². The van der Waals surface area contributed by atoms with Crippen molar-refractivity contribution in [2.45, 2.75) is 59.5 Å². The third-order valence-corrected chi connectivity index (χ3v) is 10.0. The number of hydrogen-bond donors (Lipinski definition) is 1. The van der Waals surface area contributed by atoms with Gasteiger partial charge < -0.3 is 19.5 Å². The molecule has 0 aliphatic heterocycles. The smallest absolute Gasteiger partial charge is 0.506 e. The maximum atomic E-state index is 13.0. The second-order valence-corrected chi connectivity index (χ2v) is 15.9. The summed E-state index contributed by atoms with van der Waals surface area (Å²) in [5.74, 6) is 0.861. The summed E-state index contributed by atoms with van der Waals surface area (Å²) in [6, 6.07) is 56.9. The van der Waals surface area contributed by atoms with Crippen molar-refractivity contribution in [2.75, 3.05) is 25.1 Å². The SMILES string of the molecule is Cc1cc(C(=O)OCc2ccccc2)c(O)c(-c2ccccc2OCCCN(C)c2c(C(C)C)cccc2C(C)C)c1.[CH2-]c1ccccc1.[CH2-]c1ccccc1.[CH2-]c1ccccc1.[Hf+4]. The number of para-hydroxylation sites is 2. The zero-order valence-corrected chi connectivity index (χ0v) is 42.1. The molecule has 0 aromatic heterocycles. The third-order valence-electron chi connectivity index (χ3n) is 10.0. The monoisotopic (exact) mass is 1020 g/mol. The number of ether oxygens (including phenoxy) is 2. The van der Waals surface area contributed by atoms with Crippen molar-refractivity contribution in [1.82, 2.24) is 0 Å². The van der Waals surface area contributed by atoms with Gasteiger partial charge in [0.25, 0.3) is 0 Å². The van der Waals surface area contributed by atoms with Crippen molar-refractivity contribution in [3.8, 4) is 22.6 Å². The number of aryl methyl sites for hydroxylation is 1. The molecular formula is C58H64HfNO4+. The Kier molecular flexibility index (Phi) is 22.7. The molecule has 0 bridgehead atoms. The van der Waals surface area contributed by atoms with E-state index >= 15 is 0 Å². The normalized spacial score (nSPS) is 10.1. The number of rotatable bonds is 12. The molecule has 0 saturated heterocycles. The van der Waals surface area contributed by atoms with E-state index in [4.69, 9.17) is 9.47 Å². The molecule has 0 aliphatic carbocycles. The number of nitrogens with zero attached hydrogens (tertiary/aromatic N) is 1. The summed E-state index contributed by atoms with van der Waals surface area (Å²) in [6.07, 6.45) is 0.825. The molecule has 0 aliphatic rings. The largest absolute Gasteiger partial charge is 4.00 e. The summed E-state index contributed by atoms with van der Waals surface area (Å²) in [5, 5.41) is 11.2. The first-order valence-corrected chi connectivity index (χ1v) is 21.6. The van der Waals surface area contributed by atoms with E-state index in [0.717, 1.165) is 46.3 Å². The van der Waals surface area contributed by atoms with Crippen molar-refractivity contribution in [1.29, 1.82) is 0 Å². The van der Waals surface area contributed by atoms with Gasteiger partial charge in [-0.2, -0.15) is 73.9 Å². The maximum absolute atomic E-state index is 13.0. The quantitative estimate of drug-likeness (QED) is 0.0572. The van der Waals surface area contributed by atoms with Crippen LogP contribution in [0.4, 0.5) is 5.69 Å². The number of benzene rings is 7. The van der Waals surface area contributed by atoms with Gasteiger partial charge in [-0.25, -0.2) is 4.79 Å². The number of esters is 1. The molecule has 7 aromatic carbocycles. The van der Waals surface area contributed by atoms with Crippen molar-refractivity contribution in [3.05, 3.63) is 241 Å². The molecule has 328 valence electrons. The van der Waals surface area contributed by atoms with Crippen LogP contribution in [0.2, 0.25) is 0 Å². The standard InChI is InChI=1S/C37H43NO4.3C7H7.Hf/c1-25(2)29-17-12-18-30(26(3)4)35(29)38(6)20-13-21-41-34-19-11-10-16-31(34)32-22-27(5)23-33(36(32)39)37(40)42-24-28-14-8-7-9-15-28;3*1-7-5-3-2-4-6-7;/h7-12,14-19,22-23,25-26,39H,13,20-21,24H2,1-6H3;3*2-6H,1H2;/q;3*-1;+4. The Labute approximate surface area is 402 Å². The zero-order valence-electron chi connectivity index (χ0n) is 38.5. The van der Waals surface area contributed by atoms with Gasteiger partial charge in [0, 0.05) is 30.4 Å². The summed E-state index contributed by atoms with van der Waals surface area (Å²) in [4.78, 5) is 15.3. The van der Waals surface area contributed by atoms with E-state index < -0.39 is 5.97 Å². The number of carbonyl (C=O) groups excluding carboxylic acids is 1. The Bertz CT molecular complexity index is 2270. The number of anilines is 1. The Morgan fingerprint density at radius 3 is 1.52 bits per heavy atom. The second kappa shape index (κ2) is 27.8. The van der Waals surface area contributed by atoms with Crippen molar-refractivity contribution >= 4 is 11.7 Å². The van der Waals surface area contributed by atoms with Gasteiger partial charge >= 0.3 is 31.8 Å². The maximum Gasteiger partial charge on any atom is 4.00 e. The minimum atomic E-state index is -0.565. The summed E-state index contributed by atoms with van der Waals surface area (Å²) in [5.41, 5.74) is 10.4. The minimum absolute atomic E-state index is 0. The van der Waals surface area contributed by atoms with E-state index in [-0.39, 0.29) is 43.8 Å². The summed E-state index contributed by atoms with van der Waals surface area (Å²) in [7, 11) is 2.16. The average Bonchev–Trinajstić information content (AvgIpc) is 3.29. The van der Waals surface area contributed by atoms with Crippen LogP contribution in [-0.4, -0.2) is 31.3 Å². The Balaban J connectivity index is 0.000000398. The first-order valence-electron chi connectivity index (χ1n) is 21.6.